The van der Waals surface area contributed by atoms with E-state index in [4.69, 9.17) is 27.9 Å². The Balaban J connectivity index is 1.50. The van der Waals surface area contributed by atoms with Gasteiger partial charge in [-0.2, -0.15) is 0 Å². The minimum absolute atomic E-state index is 0.267. The highest BCUT2D eigenvalue weighted by atomic mass is 35.5. The number of aromatic nitrogens is 2. The lowest BCUT2D eigenvalue weighted by atomic mass is 10.0. The number of ether oxygens (including phenoxy) is 1. The lowest BCUT2D eigenvalue weighted by molar-refractivity contribution is 0.102. The van der Waals surface area contributed by atoms with Gasteiger partial charge in [0.25, 0.3) is 5.91 Å². The monoisotopic (exact) mass is 558 g/mol. The number of morpholine rings is 1. The van der Waals surface area contributed by atoms with Crippen molar-refractivity contribution in [1.29, 1.82) is 0 Å². The first-order valence-corrected chi connectivity index (χ1v) is 13.3. The summed E-state index contributed by atoms with van der Waals surface area (Å²) < 4.78 is 21.0. The van der Waals surface area contributed by atoms with Crippen molar-refractivity contribution in [3.63, 3.8) is 0 Å². The van der Waals surface area contributed by atoms with Crippen molar-refractivity contribution in [3.05, 3.63) is 64.2 Å². The topological polar surface area (TPSA) is 73.8 Å². The molecule has 2 aliphatic rings. The molecule has 2 aromatic carbocycles. The van der Waals surface area contributed by atoms with Crippen LogP contribution in [0.15, 0.2) is 42.7 Å². The number of nitrogens with zero attached hydrogens (tertiary/aromatic N) is 5. The molecule has 5 rings (SSSR count). The van der Waals surface area contributed by atoms with Gasteiger partial charge in [0.1, 0.15) is 5.82 Å². The molecule has 0 aliphatic carbocycles. The molecule has 0 radical (unpaired) electrons. The van der Waals surface area contributed by atoms with Gasteiger partial charge in [0.05, 0.1) is 24.6 Å². The molecule has 38 heavy (non-hydrogen) atoms. The third kappa shape index (κ3) is 5.86. The Kier molecular flexibility index (Phi) is 7.99. The van der Waals surface area contributed by atoms with Crippen LogP contribution < -0.4 is 15.1 Å². The number of hydrogen-bond acceptors (Lipinski definition) is 7. The van der Waals surface area contributed by atoms with E-state index in [0.29, 0.717) is 83.5 Å². The van der Waals surface area contributed by atoms with E-state index in [1.165, 1.54) is 6.07 Å². The molecule has 1 N–H and O–H groups in total. The van der Waals surface area contributed by atoms with Crippen LogP contribution in [0.4, 0.5) is 21.7 Å². The fourth-order valence-electron chi connectivity index (χ4n) is 4.68. The van der Waals surface area contributed by atoms with Crippen LogP contribution in [0.5, 0.6) is 0 Å². The predicted octanol–water partition coefficient (Wildman–Crippen LogP) is 4.82. The molecular weight excluding hydrogens is 530 g/mol. The number of likely N-dealkylation sites (N-methyl/N-ethyl adjacent to an activating group) is 1. The fraction of sp³-hybridized carbons (Fsp3) is 0.370. The standard InChI is InChI=1S/C27H29Cl2FN6O2/c1-17-16-36(4-3-34(17)2)25-13-23(30)22(19-14-31-27(32-15-19)35-5-7-38-8-6-35)12-24(25)33-26(37)18-9-20(28)11-21(29)10-18/h9-15,17H,3-8,16H2,1-2H3,(H,33,37). The zero-order valence-electron chi connectivity index (χ0n) is 21.3. The number of nitrogens with one attached hydrogen (secondary N) is 1. The average Bonchev–Trinajstić information content (AvgIpc) is 2.91. The van der Waals surface area contributed by atoms with Crippen molar-refractivity contribution in [2.24, 2.45) is 0 Å². The van der Waals surface area contributed by atoms with Gasteiger partial charge in [-0.15, -0.1) is 0 Å². The van der Waals surface area contributed by atoms with Gasteiger partial charge in [-0.25, -0.2) is 14.4 Å². The average molecular weight is 559 g/mol. The lowest BCUT2D eigenvalue weighted by Crippen LogP contribution is -2.50. The van der Waals surface area contributed by atoms with Crippen molar-refractivity contribution in [2.75, 3.05) is 68.1 Å². The second kappa shape index (κ2) is 11.4. The Bertz CT molecular complexity index is 1300. The first-order valence-electron chi connectivity index (χ1n) is 12.5. The summed E-state index contributed by atoms with van der Waals surface area (Å²) in [6.07, 6.45) is 3.21. The SMILES string of the molecule is CC1CN(c2cc(F)c(-c3cnc(N4CCOCC4)nc3)cc2NC(=O)c2cc(Cl)cc(Cl)c2)CCN1C. The summed E-state index contributed by atoms with van der Waals surface area (Å²) >= 11 is 12.2. The summed E-state index contributed by atoms with van der Waals surface area (Å²) in [5, 5.41) is 3.67. The first-order chi connectivity index (χ1) is 18.3. The van der Waals surface area contributed by atoms with Gasteiger partial charge in [0.15, 0.2) is 0 Å². The molecule has 1 aromatic heterocycles. The van der Waals surface area contributed by atoms with Crippen LogP contribution >= 0.6 is 23.2 Å². The van der Waals surface area contributed by atoms with E-state index >= 15 is 4.39 Å². The number of carbonyl (C=O) groups excluding carboxylic acids is 1. The van der Waals surface area contributed by atoms with E-state index in [0.717, 1.165) is 6.54 Å². The Hall–Kier alpha value is -2.98. The Labute approximate surface area is 231 Å². The summed E-state index contributed by atoms with van der Waals surface area (Å²) in [7, 11) is 2.07. The summed E-state index contributed by atoms with van der Waals surface area (Å²) in [4.78, 5) is 28.5. The molecule has 3 heterocycles. The first kappa shape index (κ1) is 26.6. The van der Waals surface area contributed by atoms with E-state index in [1.807, 2.05) is 4.90 Å². The highest BCUT2D eigenvalue weighted by molar-refractivity contribution is 6.35. The number of amides is 1. The van der Waals surface area contributed by atoms with Gasteiger partial charge < -0.3 is 24.8 Å². The number of halogens is 3. The van der Waals surface area contributed by atoms with Gasteiger partial charge in [-0.1, -0.05) is 23.2 Å². The molecule has 3 aromatic rings. The number of anilines is 3. The van der Waals surface area contributed by atoms with Gasteiger partial charge in [0.2, 0.25) is 5.95 Å². The number of piperazine rings is 1. The molecule has 0 bridgehead atoms. The van der Waals surface area contributed by atoms with Crippen LogP contribution in [0.2, 0.25) is 10.0 Å². The van der Waals surface area contributed by atoms with Crippen LogP contribution in [-0.4, -0.2) is 79.8 Å². The van der Waals surface area contributed by atoms with Gasteiger partial charge >= 0.3 is 0 Å². The van der Waals surface area contributed by atoms with Crippen molar-refractivity contribution >= 4 is 46.4 Å². The maximum Gasteiger partial charge on any atom is 0.255 e. The Morgan fingerprint density at radius 3 is 2.34 bits per heavy atom. The largest absolute Gasteiger partial charge is 0.378 e. The second-order valence-electron chi connectivity index (χ2n) is 9.61. The van der Waals surface area contributed by atoms with Crippen LogP contribution in [0.25, 0.3) is 11.1 Å². The molecular formula is C27H29Cl2FN6O2. The number of hydrogen-bond donors (Lipinski definition) is 1. The molecule has 2 saturated heterocycles. The molecule has 0 spiro atoms. The number of benzene rings is 2. The fourth-order valence-corrected chi connectivity index (χ4v) is 5.21. The summed E-state index contributed by atoms with van der Waals surface area (Å²) in [6, 6.07) is 8.04. The molecule has 200 valence electrons. The molecule has 2 fully saturated rings. The zero-order valence-corrected chi connectivity index (χ0v) is 22.8. The Morgan fingerprint density at radius 1 is 1.00 bits per heavy atom. The molecule has 1 atom stereocenters. The third-order valence-electron chi connectivity index (χ3n) is 7.00. The maximum atomic E-state index is 15.6. The lowest BCUT2D eigenvalue weighted by Gasteiger charge is -2.39. The highest BCUT2D eigenvalue weighted by Gasteiger charge is 2.25. The second-order valence-corrected chi connectivity index (χ2v) is 10.5. The van der Waals surface area contributed by atoms with Crippen molar-refractivity contribution in [3.8, 4) is 11.1 Å². The molecule has 11 heteroatoms. The number of rotatable bonds is 5. The van der Waals surface area contributed by atoms with E-state index in [2.05, 4.69) is 39.1 Å². The van der Waals surface area contributed by atoms with Crippen LogP contribution in [-0.2, 0) is 4.74 Å². The van der Waals surface area contributed by atoms with Gasteiger partial charge in [0, 0.05) is 77.9 Å². The van der Waals surface area contributed by atoms with Gasteiger partial charge in [-0.05, 0) is 44.3 Å². The van der Waals surface area contributed by atoms with E-state index < -0.39 is 11.7 Å². The predicted molar refractivity (Wildman–Crippen MR) is 149 cm³/mol. The third-order valence-corrected chi connectivity index (χ3v) is 7.44. The molecule has 1 amide bonds. The smallest absolute Gasteiger partial charge is 0.255 e. The summed E-state index contributed by atoms with van der Waals surface area (Å²) in [6.45, 7) is 6.97. The molecule has 8 nitrogen and oxygen atoms in total. The van der Waals surface area contributed by atoms with Crippen LogP contribution in [0, 0.1) is 5.82 Å². The Morgan fingerprint density at radius 2 is 1.68 bits per heavy atom. The number of carbonyl (C=O) groups is 1. The minimum atomic E-state index is -0.418. The van der Waals surface area contributed by atoms with Crippen molar-refractivity contribution in [1.82, 2.24) is 14.9 Å². The maximum absolute atomic E-state index is 15.6. The molecule has 0 saturated carbocycles. The zero-order chi connectivity index (χ0) is 26.8. The minimum Gasteiger partial charge on any atom is -0.378 e. The molecule has 1 unspecified atom stereocenters. The van der Waals surface area contributed by atoms with Crippen molar-refractivity contribution < 1.29 is 13.9 Å². The van der Waals surface area contributed by atoms with Crippen molar-refractivity contribution in [2.45, 2.75) is 13.0 Å². The highest BCUT2D eigenvalue weighted by Crippen LogP contribution is 2.36. The van der Waals surface area contributed by atoms with E-state index in [1.54, 1.807) is 36.7 Å². The quantitative estimate of drug-likeness (QED) is 0.481. The summed E-state index contributed by atoms with van der Waals surface area (Å²) in [5.41, 5.74) is 2.21. The van der Waals surface area contributed by atoms with Crippen LogP contribution in [0.3, 0.4) is 0 Å². The van der Waals surface area contributed by atoms with E-state index in [-0.39, 0.29) is 6.04 Å². The van der Waals surface area contributed by atoms with Gasteiger partial charge in [-0.3, -0.25) is 4.79 Å². The normalized spacial score (nSPS) is 18.5. The van der Waals surface area contributed by atoms with E-state index in [9.17, 15) is 4.79 Å². The summed E-state index contributed by atoms with van der Waals surface area (Å²) in [5.74, 6) is -0.237. The molecule has 2 aliphatic heterocycles. The van der Waals surface area contributed by atoms with Crippen LogP contribution in [0.1, 0.15) is 17.3 Å².